The SMILES string of the molecule is CN(CC1CCCCN1)C1CCOC2(CCSCC2)C1. The van der Waals surface area contributed by atoms with Crippen LogP contribution in [-0.4, -0.2) is 60.8 Å². The van der Waals surface area contributed by atoms with Gasteiger partial charge in [0.05, 0.1) is 5.60 Å². The van der Waals surface area contributed by atoms with Crippen molar-refractivity contribution in [1.29, 1.82) is 0 Å². The van der Waals surface area contributed by atoms with Crippen molar-refractivity contribution in [1.82, 2.24) is 10.2 Å². The molecule has 3 nitrogen and oxygen atoms in total. The molecule has 1 spiro atoms. The van der Waals surface area contributed by atoms with Crippen LogP contribution in [0.5, 0.6) is 0 Å². The van der Waals surface area contributed by atoms with Gasteiger partial charge in [-0.25, -0.2) is 0 Å². The largest absolute Gasteiger partial charge is 0.375 e. The van der Waals surface area contributed by atoms with Crippen molar-refractivity contribution in [3.63, 3.8) is 0 Å². The van der Waals surface area contributed by atoms with E-state index in [0.717, 1.165) is 18.7 Å². The Morgan fingerprint density at radius 2 is 2.10 bits per heavy atom. The summed E-state index contributed by atoms with van der Waals surface area (Å²) < 4.78 is 6.22. The smallest absolute Gasteiger partial charge is 0.0713 e. The van der Waals surface area contributed by atoms with Crippen LogP contribution in [0.15, 0.2) is 0 Å². The number of thioether (sulfide) groups is 1. The van der Waals surface area contributed by atoms with Crippen LogP contribution in [0, 0.1) is 0 Å². The van der Waals surface area contributed by atoms with Crippen LogP contribution in [0.3, 0.4) is 0 Å². The maximum atomic E-state index is 6.22. The maximum Gasteiger partial charge on any atom is 0.0713 e. The molecular weight excluding hydrogens is 268 g/mol. The second-order valence-corrected chi connectivity index (χ2v) is 8.10. The lowest BCUT2D eigenvalue weighted by Crippen LogP contribution is -2.52. The lowest BCUT2D eigenvalue weighted by Gasteiger charge is -2.46. The first kappa shape index (κ1) is 15.1. The zero-order valence-corrected chi connectivity index (χ0v) is 13.7. The van der Waals surface area contributed by atoms with Crippen LogP contribution in [-0.2, 0) is 4.74 Å². The van der Waals surface area contributed by atoms with Gasteiger partial charge in [-0.1, -0.05) is 6.42 Å². The van der Waals surface area contributed by atoms with E-state index in [9.17, 15) is 0 Å². The third kappa shape index (κ3) is 3.70. The number of likely N-dealkylation sites (N-methyl/N-ethyl adjacent to an activating group) is 1. The summed E-state index contributed by atoms with van der Waals surface area (Å²) in [5.41, 5.74) is 0.225. The summed E-state index contributed by atoms with van der Waals surface area (Å²) in [6.07, 6.45) is 9.14. The molecule has 2 unspecified atom stereocenters. The van der Waals surface area contributed by atoms with E-state index in [1.807, 2.05) is 0 Å². The fourth-order valence-corrected chi connectivity index (χ4v) is 5.28. The van der Waals surface area contributed by atoms with Crippen LogP contribution >= 0.6 is 11.8 Å². The summed E-state index contributed by atoms with van der Waals surface area (Å²) >= 11 is 2.10. The molecule has 0 bridgehead atoms. The second-order valence-electron chi connectivity index (χ2n) is 6.88. The molecule has 3 fully saturated rings. The van der Waals surface area contributed by atoms with Gasteiger partial charge in [0.1, 0.15) is 0 Å². The average molecular weight is 298 g/mol. The Morgan fingerprint density at radius 1 is 1.25 bits per heavy atom. The molecule has 0 saturated carbocycles. The molecular formula is C16H30N2OS. The van der Waals surface area contributed by atoms with Crippen LogP contribution in [0.1, 0.15) is 44.9 Å². The number of nitrogens with zero attached hydrogens (tertiary/aromatic N) is 1. The number of hydrogen-bond acceptors (Lipinski definition) is 4. The van der Waals surface area contributed by atoms with Gasteiger partial charge >= 0.3 is 0 Å². The monoisotopic (exact) mass is 298 g/mol. The quantitative estimate of drug-likeness (QED) is 0.865. The number of rotatable bonds is 3. The molecule has 1 N–H and O–H groups in total. The molecule has 4 heteroatoms. The van der Waals surface area contributed by atoms with Gasteiger partial charge in [0.2, 0.25) is 0 Å². The number of nitrogens with one attached hydrogen (secondary N) is 1. The Labute approximate surface area is 128 Å². The van der Waals surface area contributed by atoms with Gasteiger partial charge in [0.25, 0.3) is 0 Å². The molecule has 3 heterocycles. The highest BCUT2D eigenvalue weighted by Crippen LogP contribution is 2.38. The molecule has 0 radical (unpaired) electrons. The lowest BCUT2D eigenvalue weighted by molar-refractivity contribution is -0.108. The normalized spacial score (nSPS) is 34.5. The fraction of sp³-hybridized carbons (Fsp3) is 1.00. The Morgan fingerprint density at radius 3 is 2.85 bits per heavy atom. The second kappa shape index (κ2) is 6.99. The third-order valence-corrected chi connectivity index (χ3v) is 6.40. The third-order valence-electron chi connectivity index (χ3n) is 5.42. The topological polar surface area (TPSA) is 24.5 Å². The molecule has 0 aromatic rings. The van der Waals surface area contributed by atoms with Crippen molar-refractivity contribution in [2.24, 2.45) is 0 Å². The molecule has 116 valence electrons. The van der Waals surface area contributed by atoms with E-state index >= 15 is 0 Å². The minimum Gasteiger partial charge on any atom is -0.375 e. The Kier molecular flexibility index (Phi) is 5.29. The van der Waals surface area contributed by atoms with E-state index in [1.165, 1.54) is 69.5 Å². The van der Waals surface area contributed by atoms with Gasteiger partial charge in [0.15, 0.2) is 0 Å². The molecule has 3 aliphatic heterocycles. The summed E-state index contributed by atoms with van der Waals surface area (Å²) in [5.74, 6) is 2.58. The lowest BCUT2D eigenvalue weighted by atomic mass is 9.85. The van der Waals surface area contributed by atoms with E-state index in [4.69, 9.17) is 4.74 Å². The summed E-state index contributed by atoms with van der Waals surface area (Å²) in [4.78, 5) is 2.62. The Hall–Kier alpha value is 0.230. The predicted molar refractivity (Wildman–Crippen MR) is 86.5 cm³/mol. The first-order valence-electron chi connectivity index (χ1n) is 8.43. The zero-order chi connectivity index (χ0) is 13.8. The zero-order valence-electron chi connectivity index (χ0n) is 12.9. The van der Waals surface area contributed by atoms with E-state index in [2.05, 4.69) is 29.0 Å². The molecule has 0 aliphatic carbocycles. The standard InChI is InChI=1S/C16H30N2OS/c1-18(13-14-4-2-3-8-17-14)15-5-9-19-16(12-15)6-10-20-11-7-16/h14-15,17H,2-13H2,1H3. The number of ether oxygens (including phenoxy) is 1. The molecule has 2 atom stereocenters. The van der Waals surface area contributed by atoms with Crippen LogP contribution in [0.2, 0.25) is 0 Å². The number of hydrogen-bond donors (Lipinski definition) is 1. The predicted octanol–water partition coefficient (Wildman–Crippen LogP) is 2.51. The van der Waals surface area contributed by atoms with Gasteiger partial charge in [0, 0.05) is 25.2 Å². The molecule has 3 rings (SSSR count). The molecule has 0 aromatic heterocycles. The van der Waals surface area contributed by atoms with E-state index in [1.54, 1.807) is 0 Å². The number of piperidine rings is 1. The fourth-order valence-electron chi connectivity index (χ4n) is 4.05. The van der Waals surface area contributed by atoms with Crippen molar-refractivity contribution in [2.45, 2.75) is 62.6 Å². The highest BCUT2D eigenvalue weighted by Gasteiger charge is 2.40. The van der Waals surface area contributed by atoms with Crippen LogP contribution < -0.4 is 5.32 Å². The molecule has 3 saturated heterocycles. The van der Waals surface area contributed by atoms with Crippen molar-refractivity contribution in [3.05, 3.63) is 0 Å². The van der Waals surface area contributed by atoms with E-state index in [0.29, 0.717) is 0 Å². The summed E-state index contributed by atoms with van der Waals surface area (Å²) in [6.45, 7) is 3.40. The van der Waals surface area contributed by atoms with Gasteiger partial charge in [-0.05, 0) is 63.6 Å². The first-order chi connectivity index (χ1) is 9.77. The van der Waals surface area contributed by atoms with E-state index < -0.39 is 0 Å². The highest BCUT2D eigenvalue weighted by molar-refractivity contribution is 7.99. The van der Waals surface area contributed by atoms with Crippen molar-refractivity contribution < 1.29 is 4.74 Å². The Bertz CT molecular complexity index is 295. The molecule has 20 heavy (non-hydrogen) atoms. The first-order valence-corrected chi connectivity index (χ1v) is 9.58. The summed E-state index contributed by atoms with van der Waals surface area (Å²) in [6, 6.07) is 1.45. The maximum absolute atomic E-state index is 6.22. The van der Waals surface area contributed by atoms with Gasteiger partial charge in [-0.15, -0.1) is 0 Å². The molecule has 3 aliphatic rings. The highest BCUT2D eigenvalue weighted by atomic mass is 32.2. The average Bonchev–Trinajstić information content (AvgIpc) is 2.49. The van der Waals surface area contributed by atoms with Crippen molar-refractivity contribution >= 4 is 11.8 Å². The van der Waals surface area contributed by atoms with Gasteiger partial charge in [-0.2, -0.15) is 11.8 Å². The van der Waals surface area contributed by atoms with Crippen LogP contribution in [0.25, 0.3) is 0 Å². The summed E-state index contributed by atoms with van der Waals surface area (Å²) in [7, 11) is 2.33. The molecule has 0 amide bonds. The van der Waals surface area contributed by atoms with Crippen molar-refractivity contribution in [3.8, 4) is 0 Å². The minimum atomic E-state index is 0.225. The van der Waals surface area contributed by atoms with Gasteiger partial charge < -0.3 is 15.0 Å². The van der Waals surface area contributed by atoms with Gasteiger partial charge in [-0.3, -0.25) is 0 Å². The summed E-state index contributed by atoms with van der Waals surface area (Å²) in [5, 5.41) is 3.68. The van der Waals surface area contributed by atoms with E-state index in [-0.39, 0.29) is 5.60 Å². The molecule has 0 aromatic carbocycles. The minimum absolute atomic E-state index is 0.225. The van der Waals surface area contributed by atoms with Crippen molar-refractivity contribution in [2.75, 3.05) is 38.2 Å². The van der Waals surface area contributed by atoms with Crippen LogP contribution in [0.4, 0.5) is 0 Å². The Balaban J connectivity index is 1.52.